The fourth-order valence-corrected chi connectivity index (χ4v) is 4.07. The Kier molecular flexibility index (Phi) is 4.43. The van der Waals surface area contributed by atoms with Gasteiger partial charge in [0.2, 0.25) is 0 Å². The average molecular weight is 344 g/mol. The Morgan fingerprint density at radius 3 is 3.04 bits per heavy atom. The van der Waals surface area contributed by atoms with Gasteiger partial charge in [-0.2, -0.15) is 0 Å². The SMILES string of the molecule is c1ccc(-c2nc(CN3CCO[C@@H](c4nccs4)C3)cs2)nc1. The van der Waals surface area contributed by atoms with E-state index in [-0.39, 0.29) is 6.10 Å². The van der Waals surface area contributed by atoms with Crippen LogP contribution in [0.5, 0.6) is 0 Å². The predicted molar refractivity (Wildman–Crippen MR) is 91.4 cm³/mol. The van der Waals surface area contributed by atoms with Gasteiger partial charge >= 0.3 is 0 Å². The molecule has 1 saturated heterocycles. The molecule has 1 aliphatic rings. The second-order valence-corrected chi connectivity index (χ2v) is 7.11. The molecule has 1 atom stereocenters. The van der Waals surface area contributed by atoms with E-state index in [0.29, 0.717) is 0 Å². The average Bonchev–Trinajstić information content (AvgIpc) is 3.28. The summed E-state index contributed by atoms with van der Waals surface area (Å²) in [6.07, 6.45) is 3.72. The highest BCUT2D eigenvalue weighted by Crippen LogP contribution is 2.26. The first-order chi connectivity index (χ1) is 11.4. The van der Waals surface area contributed by atoms with E-state index in [1.807, 2.05) is 29.8 Å². The summed E-state index contributed by atoms with van der Waals surface area (Å²) in [7, 11) is 0. The van der Waals surface area contributed by atoms with Gasteiger partial charge in [0.25, 0.3) is 0 Å². The number of ether oxygens (including phenoxy) is 1. The smallest absolute Gasteiger partial charge is 0.142 e. The van der Waals surface area contributed by atoms with Crippen molar-refractivity contribution in [2.45, 2.75) is 12.6 Å². The molecule has 0 radical (unpaired) electrons. The minimum atomic E-state index is 0.0812. The van der Waals surface area contributed by atoms with Gasteiger partial charge in [0.1, 0.15) is 16.1 Å². The zero-order valence-corrected chi connectivity index (χ0v) is 14.1. The van der Waals surface area contributed by atoms with Crippen molar-refractivity contribution in [3.05, 3.63) is 52.1 Å². The van der Waals surface area contributed by atoms with E-state index in [1.165, 1.54) is 0 Å². The van der Waals surface area contributed by atoms with Gasteiger partial charge < -0.3 is 4.74 Å². The first kappa shape index (κ1) is 14.9. The fourth-order valence-electron chi connectivity index (χ4n) is 2.60. The number of pyridine rings is 1. The zero-order valence-electron chi connectivity index (χ0n) is 12.5. The molecule has 3 aromatic heterocycles. The molecule has 23 heavy (non-hydrogen) atoms. The Morgan fingerprint density at radius 1 is 1.22 bits per heavy atom. The Morgan fingerprint density at radius 2 is 2.22 bits per heavy atom. The van der Waals surface area contributed by atoms with Crippen LogP contribution in [0.1, 0.15) is 16.8 Å². The number of aromatic nitrogens is 3. The summed E-state index contributed by atoms with van der Waals surface area (Å²) >= 11 is 3.30. The molecule has 0 unspecified atom stereocenters. The molecule has 118 valence electrons. The number of thiazole rings is 2. The number of nitrogens with zero attached hydrogens (tertiary/aromatic N) is 4. The lowest BCUT2D eigenvalue weighted by molar-refractivity contribution is -0.0333. The molecule has 0 bridgehead atoms. The van der Waals surface area contributed by atoms with Crippen LogP contribution in [-0.2, 0) is 11.3 Å². The Labute approximate surface area is 142 Å². The molecule has 1 aliphatic heterocycles. The summed E-state index contributed by atoms with van der Waals surface area (Å²) in [5.41, 5.74) is 2.03. The highest BCUT2D eigenvalue weighted by molar-refractivity contribution is 7.13. The third-order valence-electron chi connectivity index (χ3n) is 3.70. The molecule has 4 heterocycles. The van der Waals surface area contributed by atoms with Gasteiger partial charge in [-0.25, -0.2) is 9.97 Å². The molecule has 0 aliphatic carbocycles. The van der Waals surface area contributed by atoms with E-state index < -0.39 is 0 Å². The second kappa shape index (κ2) is 6.84. The van der Waals surface area contributed by atoms with Crippen LogP contribution in [0.3, 0.4) is 0 Å². The number of morpholine rings is 1. The molecule has 0 N–H and O–H groups in total. The Balaban J connectivity index is 1.43. The van der Waals surface area contributed by atoms with Gasteiger partial charge in [0.15, 0.2) is 0 Å². The van der Waals surface area contributed by atoms with Crippen LogP contribution in [0.15, 0.2) is 41.4 Å². The molecule has 0 amide bonds. The molecule has 0 saturated carbocycles. The largest absolute Gasteiger partial charge is 0.368 e. The standard InChI is InChI=1S/C16H16N4OS2/c1-2-4-17-13(3-1)15-19-12(11-23-15)9-20-6-7-21-14(10-20)16-18-5-8-22-16/h1-5,8,11,14H,6-7,9-10H2/t14-/m1/s1. The van der Waals surface area contributed by atoms with E-state index in [2.05, 4.69) is 20.2 Å². The van der Waals surface area contributed by atoms with Gasteiger partial charge in [0, 0.05) is 42.8 Å². The summed E-state index contributed by atoms with van der Waals surface area (Å²) in [6, 6.07) is 5.91. The molecule has 5 nitrogen and oxygen atoms in total. The summed E-state index contributed by atoms with van der Waals surface area (Å²) in [4.78, 5) is 15.8. The van der Waals surface area contributed by atoms with Gasteiger partial charge in [-0.05, 0) is 12.1 Å². The molecule has 0 spiro atoms. The predicted octanol–water partition coefficient (Wildman–Crippen LogP) is 3.24. The van der Waals surface area contributed by atoms with Crippen LogP contribution in [-0.4, -0.2) is 39.5 Å². The quantitative estimate of drug-likeness (QED) is 0.727. The molecule has 0 aromatic carbocycles. The highest BCUT2D eigenvalue weighted by Gasteiger charge is 2.24. The topological polar surface area (TPSA) is 51.1 Å². The number of hydrogen-bond acceptors (Lipinski definition) is 7. The minimum Gasteiger partial charge on any atom is -0.368 e. The van der Waals surface area contributed by atoms with Crippen molar-refractivity contribution in [1.29, 1.82) is 0 Å². The van der Waals surface area contributed by atoms with Gasteiger partial charge in [-0.3, -0.25) is 9.88 Å². The van der Waals surface area contributed by atoms with E-state index in [1.54, 1.807) is 28.9 Å². The Hall–Kier alpha value is -1.67. The first-order valence-corrected chi connectivity index (χ1v) is 9.23. The lowest BCUT2D eigenvalue weighted by atomic mass is 10.2. The normalized spacial score (nSPS) is 19.0. The monoisotopic (exact) mass is 344 g/mol. The van der Waals surface area contributed by atoms with E-state index in [4.69, 9.17) is 9.72 Å². The van der Waals surface area contributed by atoms with Crippen LogP contribution in [0, 0.1) is 0 Å². The van der Waals surface area contributed by atoms with Crippen molar-refractivity contribution in [2.24, 2.45) is 0 Å². The van der Waals surface area contributed by atoms with Crippen LogP contribution >= 0.6 is 22.7 Å². The van der Waals surface area contributed by atoms with Crippen molar-refractivity contribution in [3.8, 4) is 10.7 Å². The summed E-state index contributed by atoms with van der Waals surface area (Å²) in [6.45, 7) is 3.37. The second-order valence-electron chi connectivity index (χ2n) is 5.32. The number of hydrogen-bond donors (Lipinski definition) is 0. The third kappa shape index (κ3) is 3.48. The van der Waals surface area contributed by atoms with Crippen LogP contribution in [0.4, 0.5) is 0 Å². The molecule has 4 rings (SSSR count). The molecule has 7 heteroatoms. The van der Waals surface area contributed by atoms with Gasteiger partial charge in [-0.1, -0.05) is 6.07 Å². The molecule has 1 fully saturated rings. The first-order valence-electron chi connectivity index (χ1n) is 7.47. The maximum Gasteiger partial charge on any atom is 0.142 e. The Bertz CT molecular complexity index is 745. The summed E-state index contributed by atoms with van der Waals surface area (Å²) < 4.78 is 5.84. The van der Waals surface area contributed by atoms with Crippen molar-refractivity contribution >= 4 is 22.7 Å². The van der Waals surface area contributed by atoms with E-state index in [9.17, 15) is 0 Å². The van der Waals surface area contributed by atoms with Gasteiger partial charge in [-0.15, -0.1) is 22.7 Å². The zero-order chi connectivity index (χ0) is 15.5. The van der Waals surface area contributed by atoms with Crippen molar-refractivity contribution < 1.29 is 4.74 Å². The number of rotatable bonds is 4. The molecular weight excluding hydrogens is 328 g/mol. The van der Waals surface area contributed by atoms with Crippen LogP contribution in [0.25, 0.3) is 10.7 Å². The van der Waals surface area contributed by atoms with Crippen molar-refractivity contribution in [3.63, 3.8) is 0 Å². The maximum absolute atomic E-state index is 5.84. The van der Waals surface area contributed by atoms with E-state index >= 15 is 0 Å². The molecule has 3 aromatic rings. The lowest BCUT2D eigenvalue weighted by Gasteiger charge is -2.31. The summed E-state index contributed by atoms with van der Waals surface area (Å²) in [5, 5.41) is 6.15. The maximum atomic E-state index is 5.84. The summed E-state index contributed by atoms with van der Waals surface area (Å²) in [5.74, 6) is 0. The van der Waals surface area contributed by atoms with E-state index in [0.717, 1.165) is 47.6 Å². The minimum absolute atomic E-state index is 0.0812. The van der Waals surface area contributed by atoms with Crippen LogP contribution < -0.4 is 0 Å². The van der Waals surface area contributed by atoms with Crippen LogP contribution in [0.2, 0.25) is 0 Å². The highest BCUT2D eigenvalue weighted by atomic mass is 32.1. The third-order valence-corrected chi connectivity index (χ3v) is 5.48. The molecular formula is C16H16N4OS2. The van der Waals surface area contributed by atoms with Crippen molar-refractivity contribution in [1.82, 2.24) is 19.9 Å². The fraction of sp³-hybridized carbons (Fsp3) is 0.312. The van der Waals surface area contributed by atoms with Crippen molar-refractivity contribution in [2.75, 3.05) is 19.7 Å². The van der Waals surface area contributed by atoms with Gasteiger partial charge in [0.05, 0.1) is 18.0 Å². The lowest BCUT2D eigenvalue weighted by Crippen LogP contribution is -2.37.